The summed E-state index contributed by atoms with van der Waals surface area (Å²) in [5, 5.41) is 11.8. The molecule has 1 atom stereocenters. The lowest BCUT2D eigenvalue weighted by Gasteiger charge is -2.33. The Kier molecular flexibility index (Phi) is 4.16. The summed E-state index contributed by atoms with van der Waals surface area (Å²) in [6.07, 6.45) is 0.335. The fraction of sp³-hybridized carbons (Fsp3) is 0.429. The van der Waals surface area contributed by atoms with Gasteiger partial charge in [-0.05, 0) is 25.5 Å². The number of benzene rings is 1. The van der Waals surface area contributed by atoms with E-state index in [0.717, 1.165) is 11.3 Å². The van der Waals surface area contributed by atoms with Gasteiger partial charge in [0.05, 0.1) is 6.04 Å². The first kappa shape index (κ1) is 13.5. The predicted molar refractivity (Wildman–Crippen MR) is 72.2 cm³/mol. The molecule has 1 aromatic carbocycles. The van der Waals surface area contributed by atoms with Crippen LogP contribution in [0.5, 0.6) is 0 Å². The highest BCUT2D eigenvalue weighted by molar-refractivity contribution is 5.98. The molecule has 0 bridgehead atoms. The monoisotopic (exact) mass is 262 g/mol. The van der Waals surface area contributed by atoms with Gasteiger partial charge in [0.2, 0.25) is 5.91 Å². The third kappa shape index (κ3) is 3.32. The Labute approximate surface area is 112 Å². The number of carboxylic acids is 1. The molecular formula is C14H18N2O3. The number of amides is 1. The summed E-state index contributed by atoms with van der Waals surface area (Å²) < 4.78 is 0. The molecule has 1 aliphatic heterocycles. The zero-order chi connectivity index (χ0) is 13.8. The zero-order valence-electron chi connectivity index (χ0n) is 10.9. The van der Waals surface area contributed by atoms with Crippen LogP contribution in [0.15, 0.2) is 24.3 Å². The Hall–Kier alpha value is -1.88. The Morgan fingerprint density at radius 2 is 2.11 bits per heavy atom. The molecule has 0 aliphatic carbocycles. The van der Waals surface area contributed by atoms with E-state index in [9.17, 15) is 9.59 Å². The Morgan fingerprint density at radius 3 is 2.74 bits per heavy atom. The molecule has 0 radical (unpaired) electrons. The van der Waals surface area contributed by atoms with E-state index in [1.807, 2.05) is 31.2 Å². The van der Waals surface area contributed by atoms with Crippen LogP contribution in [0.2, 0.25) is 0 Å². The molecule has 1 heterocycles. The molecular weight excluding hydrogens is 244 g/mol. The van der Waals surface area contributed by atoms with Crippen LogP contribution >= 0.6 is 0 Å². The maximum atomic E-state index is 12.3. The normalized spacial score (nSPS) is 19.5. The molecule has 5 nitrogen and oxygen atoms in total. The molecule has 2 N–H and O–H groups in total. The number of hydrogen-bond donors (Lipinski definition) is 2. The van der Waals surface area contributed by atoms with Crippen molar-refractivity contribution in [2.45, 2.75) is 25.8 Å². The topological polar surface area (TPSA) is 69.6 Å². The standard InChI is InChI=1S/C14H18N2O3/c1-10-2-4-11(5-3-10)16-9-8-15-12(14(16)19)6-7-13(17)18/h2-5,12,15H,6-9H2,1H3,(H,17,18). The van der Waals surface area contributed by atoms with Crippen LogP contribution in [0, 0.1) is 6.92 Å². The SMILES string of the molecule is Cc1ccc(N2CCNC(CCC(=O)O)C2=O)cc1. The van der Waals surface area contributed by atoms with Crippen molar-refractivity contribution in [1.82, 2.24) is 5.32 Å². The summed E-state index contributed by atoms with van der Waals surface area (Å²) in [4.78, 5) is 24.6. The second-order valence-corrected chi connectivity index (χ2v) is 4.76. The number of rotatable bonds is 4. The van der Waals surface area contributed by atoms with Crippen molar-refractivity contribution in [3.05, 3.63) is 29.8 Å². The lowest BCUT2D eigenvalue weighted by atomic mass is 10.1. The molecule has 1 fully saturated rings. The average Bonchev–Trinajstić information content (AvgIpc) is 2.39. The second kappa shape index (κ2) is 5.84. The number of aryl methyl sites for hydroxylation is 1. The number of aliphatic carboxylic acids is 1. The van der Waals surface area contributed by atoms with Gasteiger partial charge in [0.25, 0.3) is 0 Å². The summed E-state index contributed by atoms with van der Waals surface area (Å²) in [6, 6.07) is 7.39. The highest BCUT2D eigenvalue weighted by Gasteiger charge is 2.29. The number of nitrogens with zero attached hydrogens (tertiary/aromatic N) is 1. The van der Waals surface area contributed by atoms with E-state index in [-0.39, 0.29) is 12.3 Å². The van der Waals surface area contributed by atoms with Gasteiger partial charge >= 0.3 is 5.97 Å². The van der Waals surface area contributed by atoms with Crippen molar-refractivity contribution in [3.63, 3.8) is 0 Å². The van der Waals surface area contributed by atoms with E-state index in [1.165, 1.54) is 0 Å². The van der Waals surface area contributed by atoms with Crippen LogP contribution in [-0.2, 0) is 9.59 Å². The number of carbonyl (C=O) groups excluding carboxylic acids is 1. The number of nitrogens with one attached hydrogen (secondary N) is 1. The molecule has 1 aliphatic rings. The van der Waals surface area contributed by atoms with Gasteiger partial charge in [-0.25, -0.2) is 0 Å². The maximum absolute atomic E-state index is 12.3. The van der Waals surface area contributed by atoms with Gasteiger partial charge in [-0.2, -0.15) is 0 Å². The van der Waals surface area contributed by atoms with Gasteiger partial charge < -0.3 is 15.3 Å². The molecule has 0 aromatic heterocycles. The Balaban J connectivity index is 2.07. The largest absolute Gasteiger partial charge is 0.481 e. The molecule has 1 amide bonds. The molecule has 1 saturated heterocycles. The summed E-state index contributed by atoms with van der Waals surface area (Å²) >= 11 is 0. The van der Waals surface area contributed by atoms with Gasteiger partial charge in [0.15, 0.2) is 0 Å². The average molecular weight is 262 g/mol. The molecule has 1 aromatic rings. The number of carboxylic acid groups (broad SMARTS) is 1. The van der Waals surface area contributed by atoms with Crippen LogP contribution in [0.25, 0.3) is 0 Å². The van der Waals surface area contributed by atoms with Crippen LogP contribution in [0.4, 0.5) is 5.69 Å². The first-order valence-corrected chi connectivity index (χ1v) is 6.41. The van der Waals surface area contributed by atoms with Gasteiger partial charge in [0.1, 0.15) is 0 Å². The number of carbonyl (C=O) groups is 2. The smallest absolute Gasteiger partial charge is 0.303 e. The summed E-state index contributed by atoms with van der Waals surface area (Å²) in [5.41, 5.74) is 2.02. The van der Waals surface area contributed by atoms with Gasteiger partial charge in [-0.1, -0.05) is 17.7 Å². The molecule has 102 valence electrons. The number of hydrogen-bond acceptors (Lipinski definition) is 3. The fourth-order valence-corrected chi connectivity index (χ4v) is 2.21. The number of anilines is 1. The van der Waals surface area contributed by atoms with Gasteiger partial charge in [0, 0.05) is 25.2 Å². The van der Waals surface area contributed by atoms with Crippen LogP contribution < -0.4 is 10.2 Å². The molecule has 5 heteroatoms. The van der Waals surface area contributed by atoms with Crippen molar-refractivity contribution in [2.75, 3.05) is 18.0 Å². The summed E-state index contributed by atoms with van der Waals surface area (Å²) in [5.74, 6) is -0.918. The molecule has 0 spiro atoms. The quantitative estimate of drug-likeness (QED) is 0.854. The van der Waals surface area contributed by atoms with Gasteiger partial charge in [-0.3, -0.25) is 9.59 Å². The van der Waals surface area contributed by atoms with E-state index < -0.39 is 12.0 Å². The highest BCUT2D eigenvalue weighted by Crippen LogP contribution is 2.19. The molecule has 0 saturated carbocycles. The lowest BCUT2D eigenvalue weighted by Crippen LogP contribution is -2.55. The minimum Gasteiger partial charge on any atom is -0.481 e. The van der Waals surface area contributed by atoms with Crippen molar-refractivity contribution in [2.24, 2.45) is 0 Å². The van der Waals surface area contributed by atoms with Crippen LogP contribution in [-0.4, -0.2) is 36.1 Å². The zero-order valence-corrected chi connectivity index (χ0v) is 10.9. The lowest BCUT2D eigenvalue weighted by molar-refractivity contribution is -0.137. The van der Waals surface area contributed by atoms with Crippen molar-refractivity contribution >= 4 is 17.6 Å². The van der Waals surface area contributed by atoms with E-state index in [4.69, 9.17) is 5.11 Å². The molecule has 1 unspecified atom stereocenters. The van der Waals surface area contributed by atoms with Crippen molar-refractivity contribution in [3.8, 4) is 0 Å². The molecule has 19 heavy (non-hydrogen) atoms. The maximum Gasteiger partial charge on any atom is 0.303 e. The Bertz CT molecular complexity index is 470. The highest BCUT2D eigenvalue weighted by atomic mass is 16.4. The predicted octanol–water partition coefficient (Wildman–Crippen LogP) is 1.16. The van der Waals surface area contributed by atoms with E-state index in [1.54, 1.807) is 4.90 Å². The fourth-order valence-electron chi connectivity index (χ4n) is 2.21. The van der Waals surface area contributed by atoms with Crippen LogP contribution in [0.1, 0.15) is 18.4 Å². The number of piperazine rings is 1. The van der Waals surface area contributed by atoms with E-state index in [0.29, 0.717) is 19.5 Å². The van der Waals surface area contributed by atoms with Crippen molar-refractivity contribution in [1.29, 1.82) is 0 Å². The molecule has 2 rings (SSSR count). The Morgan fingerprint density at radius 1 is 1.42 bits per heavy atom. The minimum absolute atomic E-state index is 0.00510. The van der Waals surface area contributed by atoms with Crippen molar-refractivity contribution < 1.29 is 14.7 Å². The first-order chi connectivity index (χ1) is 9.08. The van der Waals surface area contributed by atoms with E-state index in [2.05, 4.69) is 5.32 Å². The third-order valence-electron chi connectivity index (χ3n) is 3.28. The minimum atomic E-state index is -0.873. The van der Waals surface area contributed by atoms with Crippen LogP contribution in [0.3, 0.4) is 0 Å². The third-order valence-corrected chi connectivity index (χ3v) is 3.28. The van der Waals surface area contributed by atoms with Gasteiger partial charge in [-0.15, -0.1) is 0 Å². The van der Waals surface area contributed by atoms with E-state index >= 15 is 0 Å². The second-order valence-electron chi connectivity index (χ2n) is 4.76. The first-order valence-electron chi connectivity index (χ1n) is 6.41. The summed E-state index contributed by atoms with van der Waals surface area (Å²) in [7, 11) is 0. The summed E-state index contributed by atoms with van der Waals surface area (Å²) in [6.45, 7) is 3.30.